The van der Waals surface area contributed by atoms with Crippen molar-refractivity contribution in [3.8, 4) is 23.0 Å². The summed E-state index contributed by atoms with van der Waals surface area (Å²) in [4.78, 5) is 117. The molecule has 101 heavy (non-hydrogen) atoms. The lowest BCUT2D eigenvalue weighted by molar-refractivity contribution is -0.333. The number of likely N-dealkylation sites (N-methyl/N-ethyl adjacent to an activating group) is 1. The molecule has 35 heteroatoms. The van der Waals surface area contributed by atoms with Crippen LogP contribution in [0.1, 0.15) is 89.5 Å². The van der Waals surface area contributed by atoms with Gasteiger partial charge in [-0.1, -0.05) is 43.7 Å². The van der Waals surface area contributed by atoms with Crippen molar-refractivity contribution in [1.82, 2.24) is 37.2 Å². The standard InChI is InChI=1S/C66H81Cl2N9O24/c1-23(2)12-34(71-5)58(88)76-49-51(83)26-7-10-38(32(67)14-26)97-40-16-28-17-41(55(40)101-65-56(54(86)53(85)42(22-78)99-65)100-44-21-66(4,70)57(87)24(3)96-44)98-39-11-8-27(15-33(39)68)52(84)50-63(93)75-48(64(94)95)31-18-29(79)19-37(81)45(31)30-13-25(6-9-36(30)80)46(60(90)77-50)74-61(91)47(28)73-59(89)35(20-43(69)82)72-62(49)92/h6-11,14,16-18,23-24,29-30,33-35,42,44,46-54,56-57,65,71,78-81,83-87H,12-13,15,19-22,70H2,1-5H3,(H2,69,82)(H,72,92)(H,73,89)(H,74,91)(H,75,93)(H,76,88)(H,77,90)(H,94,95)/t24-,29?,30?,33?,34+,35-,42?,44-,46?,47+,48-,49+,50-,51+,52+,53?,54-,56?,57+,65+,66?/m0/s1. The smallest absolute Gasteiger partial charge is 0.330 e. The quantitative estimate of drug-likeness (QED) is 0.0989. The zero-order chi connectivity index (χ0) is 73.5. The lowest BCUT2D eigenvalue weighted by Gasteiger charge is -2.47. The van der Waals surface area contributed by atoms with Crippen LogP contribution in [0.4, 0.5) is 0 Å². The fourth-order valence-corrected chi connectivity index (χ4v) is 13.9. The maximum Gasteiger partial charge on any atom is 0.330 e. The summed E-state index contributed by atoms with van der Waals surface area (Å²) in [6.07, 6.45) is -15.7. The van der Waals surface area contributed by atoms with Crippen molar-refractivity contribution in [2.24, 2.45) is 23.3 Å². The summed E-state index contributed by atoms with van der Waals surface area (Å²) < 4.78 is 38.5. The van der Waals surface area contributed by atoms with Crippen LogP contribution in [0.25, 0.3) is 0 Å². The number of carbonyl (C=O) groups excluding carboxylic acids is 7. The highest BCUT2D eigenvalue weighted by atomic mass is 35.5. The Labute approximate surface area is 586 Å². The summed E-state index contributed by atoms with van der Waals surface area (Å²) in [5, 5.41) is 130. The van der Waals surface area contributed by atoms with Crippen LogP contribution in [-0.4, -0.2) is 221 Å². The third-order valence-corrected chi connectivity index (χ3v) is 19.3. The Kier molecular flexibility index (Phi) is 23.0. The van der Waals surface area contributed by atoms with Crippen LogP contribution >= 0.6 is 23.2 Å². The summed E-state index contributed by atoms with van der Waals surface area (Å²) >= 11 is 14.3. The van der Waals surface area contributed by atoms with Gasteiger partial charge in [0.1, 0.15) is 78.0 Å². The third kappa shape index (κ3) is 16.2. The maximum absolute atomic E-state index is 16.1. The SMILES string of the molecule is CN[C@H](CC(C)C)C(=O)N[C@H]1C(=O)N[C@@H](CC(N)=O)C(=O)N[C@H]2C(=O)NC3C(=O)N[C@H](C(=O)N[C@H](C(=O)O)C4=CC(O)CC(O)=C4C4CC3=CC=C4O)[C@H](O)C3=CC=C(Oc4cc2cc(c4O[C@H]2OC(CO)C(O)[C@H](O)C2O[C@H]2CC(C)(N)[C@H](O)[C@H](C)O2)Oc2ccc(cc2Cl)[C@H]1O)C(Cl)C3. The minimum absolute atomic E-state index is 0.0905. The van der Waals surface area contributed by atoms with E-state index in [0.29, 0.717) is 0 Å². The van der Waals surface area contributed by atoms with Gasteiger partial charge >= 0.3 is 5.97 Å². The van der Waals surface area contributed by atoms with Gasteiger partial charge in [-0.15, -0.1) is 11.6 Å². The number of aliphatic carboxylic acids is 1. The monoisotopic (exact) mass is 1450 g/mol. The topological polar surface area (TPSA) is 530 Å². The van der Waals surface area contributed by atoms with Crippen LogP contribution in [0.3, 0.4) is 0 Å². The van der Waals surface area contributed by atoms with Gasteiger partial charge in [-0.05, 0) is 116 Å². The molecule has 0 saturated carbocycles. The summed E-state index contributed by atoms with van der Waals surface area (Å²) in [5.41, 5.74) is 9.31. The lowest BCUT2D eigenvalue weighted by Crippen LogP contribution is -2.64. The van der Waals surface area contributed by atoms with Crippen LogP contribution in [0.15, 0.2) is 100 Å². The van der Waals surface area contributed by atoms with E-state index in [0.717, 1.165) is 30.4 Å². The number of ether oxygens (including phenoxy) is 6. The van der Waals surface area contributed by atoms with E-state index in [-0.39, 0.29) is 57.6 Å². The first-order valence-electron chi connectivity index (χ1n) is 32.4. The molecule has 3 aliphatic carbocycles. The first-order valence-corrected chi connectivity index (χ1v) is 33.2. The number of aliphatic hydroxyl groups excluding tert-OH is 9. The average Bonchev–Trinajstić information content (AvgIpc) is 0.771. The molecule has 3 fully saturated rings. The van der Waals surface area contributed by atoms with Crippen LogP contribution in [0.2, 0.25) is 5.02 Å². The highest BCUT2D eigenvalue weighted by molar-refractivity contribution is 6.32. The lowest BCUT2D eigenvalue weighted by atomic mass is 9.75. The van der Waals surface area contributed by atoms with Gasteiger partial charge in [-0.2, -0.15) is 0 Å². The summed E-state index contributed by atoms with van der Waals surface area (Å²) in [6.45, 7) is 5.70. The Balaban J connectivity index is 1.22. The Morgan fingerprint density at radius 2 is 1.48 bits per heavy atom. The predicted octanol–water partition coefficient (Wildman–Crippen LogP) is -1.75. The number of benzene rings is 2. The number of allylic oxidation sites excluding steroid dienone is 6. The molecule has 2 aromatic carbocycles. The first kappa shape index (κ1) is 75.4. The van der Waals surface area contributed by atoms with Gasteiger partial charge in [0.25, 0.3) is 0 Å². The van der Waals surface area contributed by atoms with Crippen LogP contribution in [0.5, 0.6) is 23.0 Å². The number of carbonyl (C=O) groups is 8. The molecule has 11 bridgehead atoms. The Morgan fingerprint density at radius 1 is 0.792 bits per heavy atom. The van der Waals surface area contributed by atoms with E-state index >= 15 is 14.4 Å². The average molecular weight is 1460 g/mol. The van der Waals surface area contributed by atoms with E-state index in [4.69, 9.17) is 63.1 Å². The van der Waals surface area contributed by atoms with E-state index in [1.807, 2.05) is 13.8 Å². The molecule has 2 aromatic rings. The number of nitrogens with one attached hydrogen (secondary N) is 7. The number of nitrogens with two attached hydrogens (primary N) is 2. The second-order valence-corrected chi connectivity index (χ2v) is 27.6. The third-order valence-electron chi connectivity index (χ3n) is 18.7. The zero-order valence-electron chi connectivity index (χ0n) is 54.9. The molecule has 0 spiro atoms. The molecule has 3 saturated heterocycles. The second kappa shape index (κ2) is 30.7. The van der Waals surface area contributed by atoms with Gasteiger partial charge in [-0.3, -0.25) is 33.6 Å². The molecule has 548 valence electrons. The van der Waals surface area contributed by atoms with Crippen LogP contribution in [-0.2, 0) is 52.6 Å². The number of fused-ring (bicyclic) bond motifs is 15. The fourth-order valence-electron chi connectivity index (χ4n) is 13.3. The molecular formula is C66H81Cl2N9O24. The highest BCUT2D eigenvalue weighted by Crippen LogP contribution is 2.49. The largest absolute Gasteiger partial charge is 0.512 e. The molecule has 12 rings (SSSR count). The van der Waals surface area contributed by atoms with E-state index in [1.54, 1.807) is 0 Å². The van der Waals surface area contributed by atoms with Gasteiger partial charge in [-0.25, -0.2) is 4.79 Å². The molecular weight excluding hydrogens is 1370 g/mol. The summed E-state index contributed by atoms with van der Waals surface area (Å²) in [6, 6.07) is -8.17. The number of carboxylic acid groups (broad SMARTS) is 1. The van der Waals surface area contributed by atoms with Crippen molar-refractivity contribution >= 4 is 70.5 Å². The number of amides is 7. The number of carboxylic acids is 1. The van der Waals surface area contributed by atoms with Crippen molar-refractivity contribution in [3.63, 3.8) is 0 Å². The maximum atomic E-state index is 16.1. The van der Waals surface area contributed by atoms with E-state index < -0.39 is 246 Å². The summed E-state index contributed by atoms with van der Waals surface area (Å²) in [7, 11) is 1.48. The normalized spacial score (nSPS) is 34.2. The van der Waals surface area contributed by atoms with Gasteiger partial charge in [0.2, 0.25) is 53.4 Å². The molecule has 0 radical (unpaired) electrons. The first-order chi connectivity index (χ1) is 47.7. The Morgan fingerprint density at radius 3 is 2.12 bits per heavy atom. The molecule has 10 aliphatic rings. The molecule has 7 amide bonds. The number of aliphatic hydroxyl groups is 9. The number of alkyl halides is 1. The predicted molar refractivity (Wildman–Crippen MR) is 350 cm³/mol. The van der Waals surface area contributed by atoms with Crippen LogP contribution < -0.4 is 62.9 Å². The molecule has 0 aromatic heterocycles. The number of hydrogen-bond acceptors (Lipinski definition) is 25. The number of primary amides is 1. The fraction of sp³-hybridized carbons (Fsp3) is 0.515. The van der Waals surface area contributed by atoms with Gasteiger partial charge < -0.3 is 128 Å². The van der Waals surface area contributed by atoms with Crippen molar-refractivity contribution in [3.05, 3.63) is 116 Å². The number of rotatable bonds is 13. The minimum atomic E-state index is -2.30. The van der Waals surface area contributed by atoms with Gasteiger partial charge in [0.05, 0.1) is 53.5 Å². The van der Waals surface area contributed by atoms with Gasteiger partial charge in [0.15, 0.2) is 29.9 Å². The molecule has 21 N–H and O–H groups in total. The van der Waals surface area contributed by atoms with E-state index in [9.17, 15) is 75.0 Å². The number of hydrogen-bond donors (Lipinski definition) is 19. The van der Waals surface area contributed by atoms with Crippen molar-refractivity contribution in [2.45, 2.75) is 187 Å². The summed E-state index contributed by atoms with van der Waals surface area (Å²) in [5.74, 6) is -15.7. The van der Waals surface area contributed by atoms with Crippen molar-refractivity contribution in [2.75, 3.05) is 13.7 Å². The van der Waals surface area contributed by atoms with E-state index in [2.05, 4.69) is 37.2 Å². The van der Waals surface area contributed by atoms with Crippen molar-refractivity contribution in [1.29, 1.82) is 0 Å². The van der Waals surface area contributed by atoms with E-state index in [1.165, 1.54) is 51.3 Å². The molecule has 7 aliphatic heterocycles. The molecule has 21 atom stereocenters. The number of halogens is 2. The Bertz CT molecular complexity index is 3820. The minimum Gasteiger partial charge on any atom is -0.512 e. The molecule has 8 unspecified atom stereocenters. The Hall–Kier alpha value is -8.26. The van der Waals surface area contributed by atoms with Crippen molar-refractivity contribution < 1.29 is 118 Å². The molecule has 33 nitrogen and oxygen atoms in total. The van der Waals surface area contributed by atoms with Gasteiger partial charge in [0, 0.05) is 29.9 Å². The zero-order valence-corrected chi connectivity index (χ0v) is 56.5. The second-order valence-electron chi connectivity index (χ2n) is 26.6. The highest BCUT2D eigenvalue weighted by Gasteiger charge is 2.52. The molecule has 7 heterocycles. The van der Waals surface area contributed by atoms with Crippen LogP contribution in [0, 0.1) is 11.8 Å².